The van der Waals surface area contributed by atoms with Crippen LogP contribution in [0.1, 0.15) is 16.7 Å². The van der Waals surface area contributed by atoms with Crippen molar-refractivity contribution in [3.63, 3.8) is 0 Å². The van der Waals surface area contributed by atoms with Crippen molar-refractivity contribution in [1.82, 2.24) is 15.5 Å². The van der Waals surface area contributed by atoms with E-state index in [1.807, 2.05) is 0 Å². The summed E-state index contributed by atoms with van der Waals surface area (Å²) >= 11 is 0. The molecule has 0 bridgehead atoms. The van der Waals surface area contributed by atoms with Crippen LogP contribution in [-0.4, -0.2) is 50.7 Å². The first-order valence-corrected chi connectivity index (χ1v) is 7.45. The van der Waals surface area contributed by atoms with Crippen LogP contribution in [0.25, 0.3) is 0 Å². The van der Waals surface area contributed by atoms with E-state index in [4.69, 9.17) is 0 Å². The third-order valence-electron chi connectivity index (χ3n) is 3.88. The monoisotopic (exact) mass is 261 g/mol. The SMILES string of the molecule is Cc1ccc(CCNCCN2CCNCC2)c(C)c1. The third kappa shape index (κ3) is 4.94. The van der Waals surface area contributed by atoms with Crippen molar-refractivity contribution >= 4 is 0 Å². The summed E-state index contributed by atoms with van der Waals surface area (Å²) in [5.41, 5.74) is 4.25. The van der Waals surface area contributed by atoms with Gasteiger partial charge in [0.1, 0.15) is 0 Å². The molecule has 2 rings (SSSR count). The first kappa shape index (κ1) is 14.5. The second-order valence-electron chi connectivity index (χ2n) is 5.52. The van der Waals surface area contributed by atoms with Crippen LogP contribution in [0.4, 0.5) is 0 Å². The molecule has 1 fully saturated rings. The minimum atomic E-state index is 1.08. The molecule has 0 spiro atoms. The average molecular weight is 261 g/mol. The van der Waals surface area contributed by atoms with Crippen molar-refractivity contribution in [3.8, 4) is 0 Å². The van der Waals surface area contributed by atoms with Crippen molar-refractivity contribution in [3.05, 3.63) is 34.9 Å². The summed E-state index contributed by atoms with van der Waals surface area (Å²) < 4.78 is 0. The van der Waals surface area contributed by atoms with Crippen LogP contribution in [0.2, 0.25) is 0 Å². The van der Waals surface area contributed by atoms with Gasteiger partial charge in [-0.05, 0) is 37.9 Å². The lowest BCUT2D eigenvalue weighted by atomic mass is 10.0. The zero-order chi connectivity index (χ0) is 13.5. The largest absolute Gasteiger partial charge is 0.315 e. The normalized spacial score (nSPS) is 16.7. The van der Waals surface area contributed by atoms with Crippen LogP contribution in [0.3, 0.4) is 0 Å². The molecule has 1 saturated heterocycles. The van der Waals surface area contributed by atoms with Gasteiger partial charge in [0.2, 0.25) is 0 Å². The van der Waals surface area contributed by atoms with Gasteiger partial charge >= 0.3 is 0 Å². The standard InChI is InChI=1S/C16H27N3/c1-14-3-4-16(15(2)13-14)5-6-17-7-10-19-11-8-18-9-12-19/h3-4,13,17-18H,5-12H2,1-2H3. The van der Waals surface area contributed by atoms with Gasteiger partial charge in [0.15, 0.2) is 0 Å². The van der Waals surface area contributed by atoms with Gasteiger partial charge in [0.05, 0.1) is 0 Å². The fourth-order valence-electron chi connectivity index (χ4n) is 2.65. The predicted octanol–water partition coefficient (Wildman–Crippen LogP) is 1.34. The molecule has 19 heavy (non-hydrogen) atoms. The van der Waals surface area contributed by atoms with Gasteiger partial charge in [0.25, 0.3) is 0 Å². The predicted molar refractivity (Wildman–Crippen MR) is 81.8 cm³/mol. The van der Waals surface area contributed by atoms with Crippen molar-refractivity contribution in [1.29, 1.82) is 0 Å². The first-order valence-electron chi connectivity index (χ1n) is 7.45. The Balaban J connectivity index is 1.61. The highest BCUT2D eigenvalue weighted by molar-refractivity contribution is 5.30. The summed E-state index contributed by atoms with van der Waals surface area (Å²) in [5.74, 6) is 0. The number of nitrogens with zero attached hydrogens (tertiary/aromatic N) is 1. The molecule has 1 aliphatic heterocycles. The summed E-state index contributed by atoms with van der Waals surface area (Å²) in [4.78, 5) is 2.53. The van der Waals surface area contributed by atoms with E-state index in [-0.39, 0.29) is 0 Å². The maximum absolute atomic E-state index is 3.56. The number of piperazine rings is 1. The van der Waals surface area contributed by atoms with Crippen molar-refractivity contribution in [2.75, 3.05) is 45.8 Å². The van der Waals surface area contributed by atoms with Gasteiger partial charge in [-0.15, -0.1) is 0 Å². The lowest BCUT2D eigenvalue weighted by Gasteiger charge is -2.27. The van der Waals surface area contributed by atoms with Gasteiger partial charge in [-0.2, -0.15) is 0 Å². The van der Waals surface area contributed by atoms with Crippen molar-refractivity contribution < 1.29 is 0 Å². The molecule has 3 heteroatoms. The van der Waals surface area contributed by atoms with E-state index in [1.54, 1.807) is 0 Å². The van der Waals surface area contributed by atoms with Gasteiger partial charge < -0.3 is 10.6 Å². The van der Waals surface area contributed by atoms with Crippen molar-refractivity contribution in [2.24, 2.45) is 0 Å². The second-order valence-corrected chi connectivity index (χ2v) is 5.52. The molecule has 0 radical (unpaired) electrons. The first-order chi connectivity index (χ1) is 9.25. The lowest BCUT2D eigenvalue weighted by molar-refractivity contribution is 0.241. The van der Waals surface area contributed by atoms with E-state index in [0.717, 1.165) is 32.6 Å². The highest BCUT2D eigenvalue weighted by Gasteiger charge is 2.07. The van der Waals surface area contributed by atoms with Crippen molar-refractivity contribution in [2.45, 2.75) is 20.3 Å². The molecular weight excluding hydrogens is 234 g/mol. The number of nitrogens with one attached hydrogen (secondary N) is 2. The van der Waals surface area contributed by atoms with Crippen LogP contribution in [0.15, 0.2) is 18.2 Å². The molecule has 2 N–H and O–H groups in total. The fraction of sp³-hybridized carbons (Fsp3) is 0.625. The maximum Gasteiger partial charge on any atom is 0.0108 e. The molecule has 1 aromatic carbocycles. The van der Waals surface area contributed by atoms with Gasteiger partial charge in [-0.3, -0.25) is 4.90 Å². The molecule has 0 aliphatic carbocycles. The molecule has 0 atom stereocenters. The van der Waals surface area contributed by atoms with Gasteiger partial charge in [0, 0.05) is 39.3 Å². The van der Waals surface area contributed by atoms with E-state index in [1.165, 1.54) is 36.3 Å². The third-order valence-corrected chi connectivity index (χ3v) is 3.88. The summed E-state index contributed by atoms with van der Waals surface area (Å²) in [6.45, 7) is 12.4. The Hall–Kier alpha value is -0.900. The Kier molecular flexibility index (Phi) is 5.83. The maximum atomic E-state index is 3.56. The quantitative estimate of drug-likeness (QED) is 0.757. The molecule has 0 saturated carbocycles. The minimum absolute atomic E-state index is 1.08. The van der Waals surface area contributed by atoms with Crippen LogP contribution in [0, 0.1) is 13.8 Å². The van der Waals surface area contributed by atoms with Crippen LogP contribution in [-0.2, 0) is 6.42 Å². The molecule has 1 heterocycles. The summed E-state index contributed by atoms with van der Waals surface area (Å²) in [6.07, 6.45) is 1.13. The van der Waals surface area contributed by atoms with Crippen LogP contribution in [0.5, 0.6) is 0 Å². The highest BCUT2D eigenvalue weighted by Crippen LogP contribution is 2.10. The Morgan fingerprint density at radius 2 is 1.95 bits per heavy atom. The number of rotatable bonds is 6. The molecule has 0 amide bonds. The number of aryl methyl sites for hydroxylation is 2. The number of hydrogen-bond acceptors (Lipinski definition) is 3. The zero-order valence-electron chi connectivity index (χ0n) is 12.3. The van der Waals surface area contributed by atoms with E-state index in [2.05, 4.69) is 47.6 Å². The molecule has 0 aromatic heterocycles. The lowest BCUT2D eigenvalue weighted by Crippen LogP contribution is -2.45. The summed E-state index contributed by atoms with van der Waals surface area (Å²) in [5, 5.41) is 6.95. The molecule has 1 aliphatic rings. The molecule has 0 unspecified atom stereocenters. The van der Waals surface area contributed by atoms with E-state index in [9.17, 15) is 0 Å². The molecule has 1 aromatic rings. The smallest absolute Gasteiger partial charge is 0.0108 e. The zero-order valence-corrected chi connectivity index (χ0v) is 12.3. The average Bonchev–Trinajstić information content (AvgIpc) is 2.42. The van der Waals surface area contributed by atoms with Crippen LogP contribution >= 0.6 is 0 Å². The van der Waals surface area contributed by atoms with E-state index in [0.29, 0.717) is 0 Å². The Morgan fingerprint density at radius 1 is 1.16 bits per heavy atom. The fourth-order valence-corrected chi connectivity index (χ4v) is 2.65. The molecular formula is C16H27N3. The number of hydrogen-bond donors (Lipinski definition) is 2. The molecule has 106 valence electrons. The highest BCUT2D eigenvalue weighted by atomic mass is 15.2. The Morgan fingerprint density at radius 3 is 2.68 bits per heavy atom. The van der Waals surface area contributed by atoms with E-state index >= 15 is 0 Å². The summed E-state index contributed by atoms with van der Waals surface area (Å²) in [6, 6.07) is 6.75. The second kappa shape index (κ2) is 7.63. The summed E-state index contributed by atoms with van der Waals surface area (Å²) in [7, 11) is 0. The Bertz CT molecular complexity index is 384. The topological polar surface area (TPSA) is 27.3 Å². The minimum Gasteiger partial charge on any atom is -0.315 e. The van der Waals surface area contributed by atoms with E-state index < -0.39 is 0 Å². The van der Waals surface area contributed by atoms with Gasteiger partial charge in [-0.25, -0.2) is 0 Å². The van der Waals surface area contributed by atoms with Gasteiger partial charge in [-0.1, -0.05) is 23.8 Å². The van der Waals surface area contributed by atoms with Crippen LogP contribution < -0.4 is 10.6 Å². The molecule has 3 nitrogen and oxygen atoms in total. The number of benzene rings is 1. The Labute approximate surface area is 117 Å².